The number of rotatable bonds is 5. The molecule has 170 valence electrons. The van der Waals surface area contributed by atoms with Gasteiger partial charge in [0.1, 0.15) is 11.4 Å². The molecule has 0 spiro atoms. The first-order valence-electron chi connectivity index (χ1n) is 10.5. The van der Waals surface area contributed by atoms with Gasteiger partial charge in [0.05, 0.1) is 16.5 Å². The number of benzene rings is 2. The molecular weight excluding hydrogens is 457 g/mol. The van der Waals surface area contributed by atoms with Gasteiger partial charge in [0.2, 0.25) is 5.43 Å². The van der Waals surface area contributed by atoms with Gasteiger partial charge in [0.15, 0.2) is 17.3 Å². The molecule has 1 N–H and O–H groups in total. The van der Waals surface area contributed by atoms with Gasteiger partial charge < -0.3 is 14.3 Å². The van der Waals surface area contributed by atoms with Gasteiger partial charge in [-0.1, -0.05) is 17.7 Å². The van der Waals surface area contributed by atoms with Gasteiger partial charge in [-0.2, -0.15) is 0 Å². The quantitative estimate of drug-likeness (QED) is 0.329. The third kappa shape index (κ3) is 3.74. The Morgan fingerprint density at radius 3 is 2.74 bits per heavy atom. The summed E-state index contributed by atoms with van der Waals surface area (Å²) in [6, 6.07) is 12.8. The Bertz CT molecular complexity index is 1660. The molecule has 34 heavy (non-hydrogen) atoms. The molecule has 0 atom stereocenters. The number of carbonyl (C=O) groups is 1. The van der Waals surface area contributed by atoms with E-state index >= 15 is 0 Å². The first-order valence-corrected chi connectivity index (χ1v) is 10.9. The number of H-pyrrole nitrogens is 1. The van der Waals surface area contributed by atoms with E-state index in [1.165, 1.54) is 12.1 Å². The van der Waals surface area contributed by atoms with Gasteiger partial charge in [-0.3, -0.25) is 9.59 Å². The highest BCUT2D eigenvalue weighted by molar-refractivity contribution is 6.31. The van der Waals surface area contributed by atoms with Crippen molar-refractivity contribution in [2.45, 2.75) is 13.3 Å². The van der Waals surface area contributed by atoms with Gasteiger partial charge in [-0.15, -0.1) is 0 Å². The first kappa shape index (κ1) is 21.9. The fourth-order valence-corrected chi connectivity index (χ4v) is 4.28. The van der Waals surface area contributed by atoms with Crippen LogP contribution in [0.1, 0.15) is 21.6 Å². The van der Waals surface area contributed by atoms with E-state index in [9.17, 15) is 14.0 Å². The second-order valence-corrected chi connectivity index (χ2v) is 8.46. The van der Waals surface area contributed by atoms with Crippen LogP contribution in [0.2, 0.25) is 5.02 Å². The third-order valence-electron chi connectivity index (χ3n) is 5.94. The Kier molecular flexibility index (Phi) is 5.42. The highest BCUT2D eigenvalue weighted by atomic mass is 35.5. The van der Waals surface area contributed by atoms with Crippen molar-refractivity contribution in [2.24, 2.45) is 7.05 Å². The molecule has 0 aliphatic heterocycles. The average molecular weight is 476 g/mol. The number of ether oxygens (including phenoxy) is 1. The smallest absolute Gasteiger partial charge is 0.200 e. The first-order chi connectivity index (χ1) is 16.3. The molecule has 0 amide bonds. The van der Waals surface area contributed by atoms with Crippen molar-refractivity contribution in [1.82, 2.24) is 14.5 Å². The number of aromatic nitrogens is 3. The van der Waals surface area contributed by atoms with Crippen molar-refractivity contribution in [3.63, 3.8) is 0 Å². The summed E-state index contributed by atoms with van der Waals surface area (Å²) in [6.07, 6.45) is 3.16. The van der Waals surface area contributed by atoms with Crippen molar-refractivity contribution < 1.29 is 13.9 Å². The largest absolute Gasteiger partial charge is 0.453 e. The minimum absolute atomic E-state index is 0.0253. The molecule has 3 aromatic heterocycles. The molecule has 3 heterocycles. The molecule has 8 heteroatoms. The number of aromatic amines is 1. The molecule has 2 aromatic carbocycles. The molecule has 0 aliphatic carbocycles. The van der Waals surface area contributed by atoms with E-state index in [2.05, 4.69) is 9.97 Å². The molecule has 0 unspecified atom stereocenters. The van der Waals surface area contributed by atoms with Gasteiger partial charge in [-0.05, 0) is 55.0 Å². The Morgan fingerprint density at radius 2 is 1.94 bits per heavy atom. The van der Waals surface area contributed by atoms with E-state index < -0.39 is 11.6 Å². The Hall–Kier alpha value is -3.97. The van der Waals surface area contributed by atoms with E-state index in [4.69, 9.17) is 16.3 Å². The number of nitrogens with zero attached hydrogens (tertiary/aromatic N) is 2. The lowest BCUT2D eigenvalue weighted by molar-refractivity contribution is 0.0990. The topological polar surface area (TPSA) is 77.0 Å². The van der Waals surface area contributed by atoms with Crippen molar-refractivity contribution in [3.05, 3.63) is 98.8 Å². The van der Waals surface area contributed by atoms with Gasteiger partial charge in [0.25, 0.3) is 0 Å². The molecule has 0 aliphatic rings. The number of carbonyl (C=O) groups excluding carboxylic acids is 1. The minimum Gasteiger partial charge on any atom is -0.453 e. The highest BCUT2D eigenvalue weighted by Gasteiger charge is 2.20. The minimum atomic E-state index is -0.610. The van der Waals surface area contributed by atoms with E-state index in [-0.39, 0.29) is 23.2 Å². The lowest BCUT2D eigenvalue weighted by Gasteiger charge is -2.14. The number of Topliss-reactive ketones (excluding diaryl/α,β-unsaturated/α-hetero) is 1. The lowest BCUT2D eigenvalue weighted by Crippen LogP contribution is -2.23. The number of halogens is 2. The summed E-state index contributed by atoms with van der Waals surface area (Å²) in [7, 11) is 1.79. The maximum absolute atomic E-state index is 14.8. The second-order valence-electron chi connectivity index (χ2n) is 8.03. The normalized spacial score (nSPS) is 11.3. The maximum Gasteiger partial charge on any atom is 0.200 e. The molecule has 5 aromatic rings. The zero-order chi connectivity index (χ0) is 24.0. The molecule has 0 saturated carbocycles. The number of ketones is 1. The van der Waals surface area contributed by atoms with Crippen molar-refractivity contribution in [2.75, 3.05) is 0 Å². The zero-order valence-electron chi connectivity index (χ0n) is 18.4. The molecule has 0 saturated heterocycles. The van der Waals surface area contributed by atoms with Gasteiger partial charge in [0, 0.05) is 42.0 Å². The van der Waals surface area contributed by atoms with Crippen LogP contribution in [0.4, 0.5) is 4.39 Å². The zero-order valence-corrected chi connectivity index (χ0v) is 19.1. The number of nitrogens with one attached hydrogen (secondary N) is 1. The monoisotopic (exact) mass is 475 g/mol. The fraction of sp³-hybridized carbons (Fsp3) is 0.115. The standard InChI is InChI=1S/C26H19ClFN3O3/c1-14-24(25(33)18-13-16(27)4-5-20(18)31(14)2)21(32)12-15-3-6-23(19(28)11-15)34-22-8-10-30-26-17(22)7-9-29-26/h3-11,13H,12H2,1-2H3,(H,29,30). The maximum atomic E-state index is 14.8. The summed E-state index contributed by atoms with van der Waals surface area (Å²) in [5.74, 6) is -0.516. The van der Waals surface area contributed by atoms with Crippen LogP contribution in [-0.4, -0.2) is 20.3 Å². The summed E-state index contributed by atoms with van der Waals surface area (Å²) in [5, 5.41) is 1.51. The number of hydrogen-bond acceptors (Lipinski definition) is 4. The van der Waals surface area contributed by atoms with Crippen molar-refractivity contribution in [3.8, 4) is 11.5 Å². The van der Waals surface area contributed by atoms with Crippen LogP contribution in [0.5, 0.6) is 11.5 Å². The van der Waals surface area contributed by atoms with Crippen LogP contribution in [0.15, 0.2) is 65.7 Å². The van der Waals surface area contributed by atoms with E-state index in [0.29, 0.717) is 38.6 Å². The molecule has 5 rings (SSSR count). The Balaban J connectivity index is 1.45. The molecule has 0 radical (unpaired) electrons. The van der Waals surface area contributed by atoms with Crippen LogP contribution >= 0.6 is 11.6 Å². The highest BCUT2D eigenvalue weighted by Crippen LogP contribution is 2.30. The summed E-state index contributed by atoms with van der Waals surface area (Å²) >= 11 is 6.07. The molecule has 6 nitrogen and oxygen atoms in total. The fourth-order valence-electron chi connectivity index (χ4n) is 4.11. The van der Waals surface area contributed by atoms with Crippen molar-refractivity contribution >= 4 is 39.3 Å². The lowest BCUT2D eigenvalue weighted by atomic mass is 9.99. The number of fused-ring (bicyclic) bond motifs is 2. The summed E-state index contributed by atoms with van der Waals surface area (Å²) in [6.45, 7) is 1.72. The molecular formula is C26H19ClFN3O3. The Morgan fingerprint density at radius 1 is 1.12 bits per heavy atom. The second kappa shape index (κ2) is 8.43. The van der Waals surface area contributed by atoms with Crippen LogP contribution in [0.25, 0.3) is 21.9 Å². The van der Waals surface area contributed by atoms with Crippen LogP contribution in [0, 0.1) is 12.7 Å². The van der Waals surface area contributed by atoms with Crippen LogP contribution in [0.3, 0.4) is 0 Å². The predicted octanol–water partition coefficient (Wildman–Crippen LogP) is 5.73. The summed E-state index contributed by atoms with van der Waals surface area (Å²) in [5.41, 5.74) is 1.98. The van der Waals surface area contributed by atoms with E-state index in [1.54, 1.807) is 67.3 Å². The molecule has 0 bridgehead atoms. The summed E-state index contributed by atoms with van der Waals surface area (Å²) in [4.78, 5) is 33.4. The number of aryl methyl sites for hydroxylation is 1. The third-order valence-corrected chi connectivity index (χ3v) is 6.17. The van der Waals surface area contributed by atoms with Gasteiger partial charge >= 0.3 is 0 Å². The van der Waals surface area contributed by atoms with Gasteiger partial charge in [-0.25, -0.2) is 9.37 Å². The van der Waals surface area contributed by atoms with E-state index in [0.717, 1.165) is 5.39 Å². The number of hydrogen-bond donors (Lipinski definition) is 1. The predicted molar refractivity (Wildman–Crippen MR) is 130 cm³/mol. The van der Waals surface area contributed by atoms with Crippen molar-refractivity contribution in [1.29, 1.82) is 0 Å². The van der Waals surface area contributed by atoms with Crippen LogP contribution in [-0.2, 0) is 13.5 Å². The number of pyridine rings is 2. The average Bonchev–Trinajstić information content (AvgIpc) is 3.29. The van der Waals surface area contributed by atoms with E-state index in [1.807, 2.05) is 0 Å². The SMILES string of the molecule is Cc1c(C(=O)Cc2ccc(Oc3ccnc4[nH]ccc34)c(F)c2)c(=O)c2cc(Cl)ccc2n1C. The van der Waals surface area contributed by atoms with Crippen LogP contribution < -0.4 is 10.2 Å². The summed E-state index contributed by atoms with van der Waals surface area (Å²) < 4.78 is 22.4. The Labute approximate surface area is 198 Å². The molecule has 0 fully saturated rings.